The molecule has 108 valence electrons. The second kappa shape index (κ2) is 5.85. The molecule has 0 aliphatic heterocycles. The van der Waals surface area contributed by atoms with E-state index in [-0.39, 0.29) is 10.3 Å². The van der Waals surface area contributed by atoms with E-state index >= 15 is 0 Å². The lowest BCUT2D eigenvalue weighted by molar-refractivity contribution is 0.378. The van der Waals surface area contributed by atoms with Crippen LogP contribution in [-0.2, 0) is 10.0 Å². The Morgan fingerprint density at radius 2 is 2.00 bits per heavy atom. The molecule has 0 spiro atoms. The van der Waals surface area contributed by atoms with Gasteiger partial charge in [-0.05, 0) is 31.0 Å². The summed E-state index contributed by atoms with van der Waals surface area (Å²) in [5, 5.41) is 5.04. The summed E-state index contributed by atoms with van der Waals surface area (Å²) in [6.45, 7) is 8.26. The van der Waals surface area contributed by atoms with Crippen molar-refractivity contribution in [3.05, 3.63) is 18.3 Å². The number of hydrogen-bond donors (Lipinski definition) is 2. The maximum atomic E-state index is 11.2. The Hall–Kier alpha value is -1.18. The van der Waals surface area contributed by atoms with Gasteiger partial charge in [-0.2, -0.15) is 0 Å². The summed E-state index contributed by atoms with van der Waals surface area (Å²) >= 11 is 0. The van der Waals surface area contributed by atoms with E-state index in [9.17, 15) is 8.42 Å². The fourth-order valence-corrected chi connectivity index (χ4v) is 2.12. The molecule has 0 unspecified atom stereocenters. The van der Waals surface area contributed by atoms with E-state index in [0.29, 0.717) is 6.54 Å². The highest BCUT2D eigenvalue weighted by molar-refractivity contribution is 7.89. The first-order valence-electron chi connectivity index (χ1n) is 6.13. The molecular formula is C12H22N4O2S. The van der Waals surface area contributed by atoms with Crippen LogP contribution in [0.1, 0.15) is 20.8 Å². The maximum absolute atomic E-state index is 11.2. The SMILES string of the molecule is CCN(CC(C)(C)CN)c1ccc(S(N)(=O)=O)cn1. The lowest BCUT2D eigenvalue weighted by Crippen LogP contribution is -2.39. The molecule has 1 aromatic rings. The maximum Gasteiger partial charge on any atom is 0.239 e. The summed E-state index contributed by atoms with van der Waals surface area (Å²) in [6, 6.07) is 3.13. The number of nitrogens with two attached hydrogens (primary N) is 2. The predicted octanol–water partition coefficient (Wildman–Crippen LogP) is 0.540. The molecule has 0 aromatic carbocycles. The Bertz CT molecular complexity index is 511. The van der Waals surface area contributed by atoms with Gasteiger partial charge in [-0.25, -0.2) is 18.5 Å². The van der Waals surface area contributed by atoms with Gasteiger partial charge in [0.2, 0.25) is 10.0 Å². The van der Waals surface area contributed by atoms with Crippen LogP contribution in [-0.4, -0.2) is 33.0 Å². The summed E-state index contributed by atoms with van der Waals surface area (Å²) in [5.74, 6) is 0.719. The fourth-order valence-electron chi connectivity index (χ4n) is 1.66. The van der Waals surface area contributed by atoms with E-state index in [1.54, 1.807) is 6.07 Å². The number of sulfonamides is 1. The molecule has 1 heterocycles. The highest BCUT2D eigenvalue weighted by Crippen LogP contribution is 2.20. The molecule has 0 atom stereocenters. The normalized spacial score (nSPS) is 12.5. The van der Waals surface area contributed by atoms with Crippen LogP contribution >= 0.6 is 0 Å². The van der Waals surface area contributed by atoms with Crippen LogP contribution in [0.4, 0.5) is 5.82 Å². The number of rotatable bonds is 6. The van der Waals surface area contributed by atoms with Gasteiger partial charge in [0, 0.05) is 19.3 Å². The molecule has 4 N–H and O–H groups in total. The van der Waals surface area contributed by atoms with Gasteiger partial charge in [0.15, 0.2) is 0 Å². The van der Waals surface area contributed by atoms with Crippen LogP contribution in [0.2, 0.25) is 0 Å². The highest BCUT2D eigenvalue weighted by atomic mass is 32.2. The fraction of sp³-hybridized carbons (Fsp3) is 0.583. The van der Waals surface area contributed by atoms with Crippen LogP contribution in [0, 0.1) is 5.41 Å². The minimum atomic E-state index is -3.69. The third kappa shape index (κ3) is 4.45. The van der Waals surface area contributed by atoms with E-state index in [1.807, 2.05) is 6.92 Å². The van der Waals surface area contributed by atoms with Gasteiger partial charge in [0.05, 0.1) is 0 Å². The molecule has 0 bridgehead atoms. The molecule has 19 heavy (non-hydrogen) atoms. The zero-order valence-corrected chi connectivity index (χ0v) is 12.4. The van der Waals surface area contributed by atoms with Gasteiger partial charge in [0.25, 0.3) is 0 Å². The van der Waals surface area contributed by atoms with E-state index in [4.69, 9.17) is 10.9 Å². The molecule has 0 saturated carbocycles. The molecule has 0 aliphatic rings. The summed E-state index contributed by atoms with van der Waals surface area (Å²) in [7, 11) is -3.69. The van der Waals surface area contributed by atoms with Gasteiger partial charge in [-0.15, -0.1) is 0 Å². The lowest BCUT2D eigenvalue weighted by atomic mass is 9.93. The molecule has 6 nitrogen and oxygen atoms in total. The zero-order chi connectivity index (χ0) is 14.7. The third-order valence-electron chi connectivity index (χ3n) is 2.93. The average molecular weight is 286 g/mol. The molecule has 7 heteroatoms. The Morgan fingerprint density at radius 3 is 2.37 bits per heavy atom. The van der Waals surface area contributed by atoms with Gasteiger partial charge < -0.3 is 10.6 Å². The van der Waals surface area contributed by atoms with Crippen molar-refractivity contribution in [1.29, 1.82) is 0 Å². The van der Waals surface area contributed by atoms with Gasteiger partial charge >= 0.3 is 0 Å². The Kier molecular flexibility index (Phi) is 4.89. The molecule has 1 rings (SSSR count). The lowest BCUT2D eigenvalue weighted by Gasteiger charge is -2.31. The summed E-state index contributed by atoms with van der Waals surface area (Å²) in [4.78, 5) is 6.23. The second-order valence-corrected chi connectivity index (χ2v) is 6.84. The Balaban J connectivity index is 2.95. The van der Waals surface area contributed by atoms with Crippen LogP contribution in [0.3, 0.4) is 0 Å². The van der Waals surface area contributed by atoms with Gasteiger partial charge in [-0.1, -0.05) is 13.8 Å². The van der Waals surface area contributed by atoms with Crippen molar-refractivity contribution in [3.8, 4) is 0 Å². The monoisotopic (exact) mass is 286 g/mol. The van der Waals surface area contributed by atoms with E-state index in [2.05, 4.69) is 23.7 Å². The summed E-state index contributed by atoms with van der Waals surface area (Å²) < 4.78 is 22.3. The van der Waals surface area contributed by atoms with E-state index in [0.717, 1.165) is 18.9 Å². The predicted molar refractivity (Wildman–Crippen MR) is 76.3 cm³/mol. The smallest absolute Gasteiger partial charge is 0.239 e. The number of pyridine rings is 1. The van der Waals surface area contributed by atoms with Crippen molar-refractivity contribution in [2.24, 2.45) is 16.3 Å². The minimum Gasteiger partial charge on any atom is -0.356 e. The zero-order valence-electron chi connectivity index (χ0n) is 11.6. The van der Waals surface area contributed by atoms with Gasteiger partial charge in [0.1, 0.15) is 10.7 Å². The van der Waals surface area contributed by atoms with Crippen molar-refractivity contribution >= 4 is 15.8 Å². The first kappa shape index (κ1) is 15.9. The summed E-state index contributed by atoms with van der Waals surface area (Å²) in [5.41, 5.74) is 5.69. The largest absolute Gasteiger partial charge is 0.356 e. The third-order valence-corrected chi connectivity index (χ3v) is 3.83. The summed E-state index contributed by atoms with van der Waals surface area (Å²) in [6.07, 6.45) is 1.28. The van der Waals surface area contributed by atoms with Crippen LogP contribution in [0.5, 0.6) is 0 Å². The first-order valence-corrected chi connectivity index (χ1v) is 7.68. The van der Waals surface area contributed by atoms with Crippen molar-refractivity contribution in [3.63, 3.8) is 0 Å². The van der Waals surface area contributed by atoms with Crippen molar-refractivity contribution in [2.75, 3.05) is 24.5 Å². The van der Waals surface area contributed by atoms with E-state index < -0.39 is 10.0 Å². The molecule has 1 aromatic heterocycles. The Morgan fingerprint density at radius 1 is 1.37 bits per heavy atom. The quantitative estimate of drug-likeness (QED) is 0.794. The standard InChI is InChI=1S/C12H22N4O2S/c1-4-16(9-12(2,3)8-13)11-6-5-10(7-15-11)19(14,17)18/h5-7H,4,8-9,13H2,1-3H3,(H2,14,17,18). The molecular weight excluding hydrogens is 264 g/mol. The van der Waals surface area contributed by atoms with Crippen LogP contribution < -0.4 is 15.8 Å². The number of nitrogens with zero attached hydrogens (tertiary/aromatic N) is 2. The van der Waals surface area contributed by atoms with Crippen LogP contribution in [0.25, 0.3) is 0 Å². The van der Waals surface area contributed by atoms with Crippen LogP contribution in [0.15, 0.2) is 23.2 Å². The molecule has 0 fully saturated rings. The number of hydrogen-bond acceptors (Lipinski definition) is 5. The second-order valence-electron chi connectivity index (χ2n) is 5.28. The molecule has 0 saturated heterocycles. The molecule has 0 radical (unpaired) electrons. The Labute approximate surface area is 114 Å². The minimum absolute atomic E-state index is 0.0189. The van der Waals surface area contributed by atoms with Crippen molar-refractivity contribution in [1.82, 2.24) is 4.98 Å². The molecule has 0 aliphatic carbocycles. The average Bonchev–Trinajstić information content (AvgIpc) is 2.35. The topological polar surface area (TPSA) is 102 Å². The first-order chi connectivity index (χ1) is 8.69. The number of primary sulfonamides is 1. The van der Waals surface area contributed by atoms with Crippen molar-refractivity contribution in [2.45, 2.75) is 25.7 Å². The molecule has 0 amide bonds. The van der Waals surface area contributed by atoms with Crippen molar-refractivity contribution < 1.29 is 8.42 Å². The highest BCUT2D eigenvalue weighted by Gasteiger charge is 2.20. The van der Waals surface area contributed by atoms with Gasteiger partial charge in [-0.3, -0.25) is 0 Å². The number of aromatic nitrogens is 1. The number of anilines is 1. The van der Waals surface area contributed by atoms with E-state index in [1.165, 1.54) is 12.3 Å².